The average Bonchev–Trinajstić information content (AvgIpc) is 3.43. The maximum atomic E-state index is 13.7. The van der Waals surface area contributed by atoms with Crippen LogP contribution in [0.25, 0.3) is 33.7 Å². The quantitative estimate of drug-likeness (QED) is 0.185. The third-order valence-corrected chi connectivity index (χ3v) is 7.86. The Bertz CT molecular complexity index is 1540. The first-order chi connectivity index (χ1) is 18.2. The summed E-state index contributed by atoms with van der Waals surface area (Å²) in [4.78, 5) is 18.6. The Morgan fingerprint density at radius 2 is 1.95 bits per heavy atom. The topological polar surface area (TPSA) is 106 Å². The van der Waals surface area contributed by atoms with Gasteiger partial charge < -0.3 is 14.1 Å². The zero-order chi connectivity index (χ0) is 26.9. The molecule has 0 bridgehead atoms. The van der Waals surface area contributed by atoms with Crippen molar-refractivity contribution in [3.05, 3.63) is 60.2 Å². The number of halogens is 1. The van der Waals surface area contributed by atoms with Gasteiger partial charge in [-0.25, -0.2) is 17.8 Å². The molecular weight excluding hydrogens is 509 g/mol. The highest BCUT2D eigenvalue weighted by molar-refractivity contribution is 7.92. The molecule has 38 heavy (non-hydrogen) atoms. The summed E-state index contributed by atoms with van der Waals surface area (Å²) in [5.74, 6) is 0.740. The fourth-order valence-electron chi connectivity index (χ4n) is 4.74. The molecule has 0 spiro atoms. The normalized spacial score (nSPS) is 13.7. The van der Waals surface area contributed by atoms with Crippen LogP contribution in [0.1, 0.15) is 50.5 Å². The smallest absolute Gasteiger partial charge is 0.302 e. The number of nitrogens with one attached hydrogen (secondary N) is 1. The standard InChI is InChI=1S/C28H30FN3O5S/c1-18(33)36-15-5-3-4-14-32(38(2,34)35)24-17-25-23(16-22(24)19-6-7-19)26(28-30-12-13-31-28)27(37-25)20-8-10-21(29)11-9-20/h8-13,16-17,19H,3-7,14-15H2,1-2H3,(H,30,31). The number of ether oxygens (including phenoxy) is 1. The Balaban J connectivity index is 1.57. The molecule has 0 radical (unpaired) electrons. The number of hydrogen-bond donors (Lipinski definition) is 1. The van der Waals surface area contributed by atoms with E-state index in [4.69, 9.17) is 9.15 Å². The van der Waals surface area contributed by atoms with E-state index >= 15 is 0 Å². The molecule has 1 aliphatic rings. The molecule has 1 saturated carbocycles. The number of anilines is 1. The highest BCUT2D eigenvalue weighted by Crippen LogP contribution is 2.49. The van der Waals surface area contributed by atoms with Crippen LogP contribution < -0.4 is 4.31 Å². The van der Waals surface area contributed by atoms with Crippen LogP contribution in [0.15, 0.2) is 53.2 Å². The fraction of sp³-hybridized carbons (Fsp3) is 0.357. The second-order valence-corrected chi connectivity index (χ2v) is 11.6. The van der Waals surface area contributed by atoms with Gasteiger partial charge in [-0.15, -0.1) is 0 Å². The van der Waals surface area contributed by atoms with Gasteiger partial charge in [0, 0.05) is 42.9 Å². The van der Waals surface area contributed by atoms with Gasteiger partial charge in [-0.05, 0) is 73.9 Å². The maximum absolute atomic E-state index is 13.7. The summed E-state index contributed by atoms with van der Waals surface area (Å²) in [6, 6.07) is 9.89. The lowest BCUT2D eigenvalue weighted by Gasteiger charge is -2.25. The van der Waals surface area contributed by atoms with E-state index in [9.17, 15) is 17.6 Å². The van der Waals surface area contributed by atoms with E-state index in [2.05, 4.69) is 9.97 Å². The monoisotopic (exact) mass is 539 g/mol. The second kappa shape index (κ2) is 10.6. The third kappa shape index (κ3) is 5.60. The number of carbonyl (C=O) groups is 1. The predicted molar refractivity (Wildman–Crippen MR) is 144 cm³/mol. The number of carbonyl (C=O) groups excluding carboxylic acids is 1. The van der Waals surface area contributed by atoms with Crippen LogP contribution in [0.2, 0.25) is 0 Å². The molecule has 1 N–H and O–H groups in total. The Kier molecular flexibility index (Phi) is 7.25. The second-order valence-electron chi connectivity index (χ2n) is 9.67. The Labute approximate surface area is 220 Å². The number of nitrogens with zero attached hydrogens (tertiary/aromatic N) is 2. The minimum absolute atomic E-state index is 0.260. The minimum atomic E-state index is -3.58. The van der Waals surface area contributed by atoms with Crippen molar-refractivity contribution < 1.29 is 26.8 Å². The first-order valence-corrected chi connectivity index (χ1v) is 14.5. The van der Waals surface area contributed by atoms with Crippen LogP contribution in [-0.2, 0) is 19.6 Å². The molecule has 2 aromatic carbocycles. The Morgan fingerprint density at radius 3 is 2.58 bits per heavy atom. The number of fused-ring (bicyclic) bond motifs is 1. The minimum Gasteiger partial charge on any atom is -0.466 e. The van der Waals surface area contributed by atoms with Crippen LogP contribution in [0, 0.1) is 5.82 Å². The average molecular weight is 540 g/mol. The molecular formula is C28H30FN3O5S. The molecule has 1 aliphatic carbocycles. The third-order valence-electron chi connectivity index (χ3n) is 6.68. The van der Waals surface area contributed by atoms with E-state index in [1.165, 1.54) is 29.6 Å². The van der Waals surface area contributed by atoms with Crippen LogP contribution in [0.4, 0.5) is 10.1 Å². The largest absolute Gasteiger partial charge is 0.466 e. The number of sulfonamides is 1. The Hall–Kier alpha value is -3.66. The van der Waals surface area contributed by atoms with Gasteiger partial charge in [0.05, 0.1) is 24.1 Å². The van der Waals surface area contributed by atoms with Crippen molar-refractivity contribution in [2.45, 2.75) is 44.9 Å². The van der Waals surface area contributed by atoms with E-state index in [1.807, 2.05) is 12.1 Å². The van der Waals surface area contributed by atoms with Gasteiger partial charge in [-0.3, -0.25) is 9.10 Å². The lowest BCUT2D eigenvalue weighted by Crippen LogP contribution is -2.31. The summed E-state index contributed by atoms with van der Waals surface area (Å²) < 4.78 is 52.4. The van der Waals surface area contributed by atoms with E-state index in [0.29, 0.717) is 54.4 Å². The summed E-state index contributed by atoms with van der Waals surface area (Å²) in [5.41, 5.74) is 3.55. The maximum Gasteiger partial charge on any atom is 0.302 e. The van der Waals surface area contributed by atoms with Crippen molar-refractivity contribution in [1.82, 2.24) is 9.97 Å². The van der Waals surface area contributed by atoms with Crippen LogP contribution >= 0.6 is 0 Å². The van der Waals surface area contributed by atoms with E-state index in [1.54, 1.807) is 24.5 Å². The highest BCUT2D eigenvalue weighted by atomic mass is 32.2. The molecule has 0 unspecified atom stereocenters. The van der Waals surface area contributed by atoms with Crippen molar-refractivity contribution in [2.75, 3.05) is 23.7 Å². The number of aromatic amines is 1. The molecule has 0 aliphatic heterocycles. The van der Waals surface area contributed by atoms with Crippen LogP contribution in [-0.4, -0.2) is 43.8 Å². The first-order valence-electron chi connectivity index (χ1n) is 12.7. The zero-order valence-electron chi connectivity index (χ0n) is 21.4. The van der Waals surface area contributed by atoms with E-state index < -0.39 is 10.0 Å². The summed E-state index contributed by atoms with van der Waals surface area (Å²) in [5, 5.41) is 0.819. The summed E-state index contributed by atoms with van der Waals surface area (Å²) in [6.07, 6.45) is 8.57. The molecule has 4 aromatic rings. The van der Waals surface area contributed by atoms with Gasteiger partial charge >= 0.3 is 5.97 Å². The molecule has 8 nitrogen and oxygen atoms in total. The van der Waals surface area contributed by atoms with Crippen molar-refractivity contribution in [3.8, 4) is 22.7 Å². The van der Waals surface area contributed by atoms with Gasteiger partial charge in [0.25, 0.3) is 0 Å². The number of esters is 1. The predicted octanol–water partition coefficient (Wildman–Crippen LogP) is 6.01. The van der Waals surface area contributed by atoms with Gasteiger partial charge in [0.2, 0.25) is 10.0 Å². The van der Waals surface area contributed by atoms with Crippen molar-refractivity contribution >= 4 is 32.6 Å². The molecule has 1 fully saturated rings. The number of furan rings is 1. The van der Waals surface area contributed by atoms with Crippen LogP contribution in [0.5, 0.6) is 0 Å². The molecule has 2 heterocycles. The van der Waals surface area contributed by atoms with E-state index in [-0.39, 0.29) is 17.7 Å². The van der Waals surface area contributed by atoms with Gasteiger partial charge in [-0.2, -0.15) is 0 Å². The number of unbranched alkanes of at least 4 members (excludes halogenated alkanes) is 2. The molecule has 5 rings (SSSR count). The lowest BCUT2D eigenvalue weighted by molar-refractivity contribution is -0.141. The first kappa shape index (κ1) is 26.0. The van der Waals surface area contributed by atoms with Crippen molar-refractivity contribution in [3.63, 3.8) is 0 Å². The van der Waals surface area contributed by atoms with Crippen molar-refractivity contribution in [1.29, 1.82) is 0 Å². The van der Waals surface area contributed by atoms with Gasteiger partial charge in [-0.1, -0.05) is 0 Å². The molecule has 2 aromatic heterocycles. The fourth-order valence-corrected chi connectivity index (χ4v) is 5.72. The van der Waals surface area contributed by atoms with E-state index in [0.717, 1.165) is 35.8 Å². The highest BCUT2D eigenvalue weighted by Gasteiger charge is 2.32. The molecule has 0 atom stereocenters. The molecule has 200 valence electrons. The number of hydrogen-bond acceptors (Lipinski definition) is 6. The summed E-state index contributed by atoms with van der Waals surface area (Å²) in [7, 11) is -3.58. The molecule has 0 amide bonds. The lowest BCUT2D eigenvalue weighted by atomic mass is 10.0. The summed E-state index contributed by atoms with van der Waals surface area (Å²) >= 11 is 0. The van der Waals surface area contributed by atoms with Gasteiger partial charge in [0.15, 0.2) is 0 Å². The molecule has 10 heteroatoms. The van der Waals surface area contributed by atoms with Crippen molar-refractivity contribution in [2.24, 2.45) is 0 Å². The van der Waals surface area contributed by atoms with Gasteiger partial charge in [0.1, 0.15) is 23.0 Å². The number of rotatable bonds is 11. The number of aromatic nitrogens is 2. The molecule has 0 saturated heterocycles. The number of H-pyrrole nitrogens is 1. The van der Waals surface area contributed by atoms with Crippen LogP contribution in [0.3, 0.4) is 0 Å². The zero-order valence-corrected chi connectivity index (χ0v) is 22.2. The summed E-state index contributed by atoms with van der Waals surface area (Å²) in [6.45, 7) is 2.00. The Morgan fingerprint density at radius 1 is 1.18 bits per heavy atom. The number of benzene rings is 2. The SMILES string of the molecule is CC(=O)OCCCCCN(c1cc2oc(-c3ccc(F)cc3)c(-c3ncc[nH]3)c2cc1C1CC1)S(C)(=O)=O. The number of imidazole rings is 1.